The molecule has 3 heteroatoms. The highest BCUT2D eigenvalue weighted by Gasteiger charge is 2.23. The van der Waals surface area contributed by atoms with E-state index in [-0.39, 0.29) is 5.41 Å². The fraction of sp³-hybridized carbons (Fsp3) is 0.296. The highest BCUT2D eigenvalue weighted by Crippen LogP contribution is 2.35. The topological polar surface area (TPSA) is 21.6 Å². The van der Waals surface area contributed by atoms with Gasteiger partial charge >= 0.3 is 0 Å². The molecule has 0 N–H and O–H groups in total. The van der Waals surface area contributed by atoms with Crippen molar-refractivity contribution in [1.29, 1.82) is 0 Å². The maximum atomic E-state index is 6.50. The smallest absolute Gasteiger partial charge is 0.131 e. The summed E-state index contributed by atoms with van der Waals surface area (Å²) in [6.45, 7) is 11.6. The predicted molar refractivity (Wildman–Crippen MR) is 133 cm³/mol. The van der Waals surface area contributed by atoms with E-state index in [9.17, 15) is 0 Å². The third-order valence-corrected chi connectivity index (χ3v) is 6.38. The maximum absolute atomic E-state index is 6.50. The van der Waals surface area contributed by atoms with Crippen LogP contribution in [0, 0.1) is 13.8 Å². The third kappa shape index (κ3) is 5.58. The van der Waals surface area contributed by atoms with Crippen molar-refractivity contribution in [2.75, 3.05) is 7.05 Å². The van der Waals surface area contributed by atoms with Gasteiger partial charge in [-0.2, -0.15) is 0 Å². The number of aliphatic imine (C=N–C) groups is 1. The van der Waals surface area contributed by atoms with Gasteiger partial charge in [0.25, 0.3) is 0 Å². The molecule has 0 aliphatic heterocycles. The summed E-state index contributed by atoms with van der Waals surface area (Å²) in [5.74, 6) is 1.02. The first-order valence-electron chi connectivity index (χ1n) is 10.4. The van der Waals surface area contributed by atoms with Crippen molar-refractivity contribution >= 4 is 25.4 Å². The van der Waals surface area contributed by atoms with E-state index < -0.39 is 0 Å². The largest absolute Gasteiger partial charge is 0.488 e. The van der Waals surface area contributed by atoms with Gasteiger partial charge in [0.2, 0.25) is 0 Å². The van der Waals surface area contributed by atoms with Crippen LogP contribution in [0.5, 0.6) is 5.75 Å². The first kappa shape index (κ1) is 22.2. The SMILES string of the molecule is C/N=C/c1cc(C)ccc1Pc1cc(C)cc(C(C)(C)C)c1OCc1ccccc1. The Morgan fingerprint density at radius 2 is 1.63 bits per heavy atom. The first-order valence-corrected chi connectivity index (χ1v) is 11.4. The van der Waals surface area contributed by atoms with Gasteiger partial charge in [-0.05, 0) is 47.8 Å². The molecule has 0 aliphatic rings. The second-order valence-corrected chi connectivity index (χ2v) is 10.1. The number of ether oxygens (including phenoxy) is 1. The van der Waals surface area contributed by atoms with Gasteiger partial charge in [0, 0.05) is 29.7 Å². The van der Waals surface area contributed by atoms with E-state index in [2.05, 4.69) is 94.2 Å². The number of rotatable bonds is 6. The number of nitrogens with zero attached hydrogens (tertiary/aromatic N) is 1. The molecule has 3 aromatic rings. The Morgan fingerprint density at radius 3 is 2.30 bits per heavy atom. The van der Waals surface area contributed by atoms with Gasteiger partial charge in [-0.25, -0.2) is 0 Å². The minimum atomic E-state index is -0.00173. The van der Waals surface area contributed by atoms with E-state index >= 15 is 0 Å². The average molecular weight is 418 g/mol. The van der Waals surface area contributed by atoms with Crippen molar-refractivity contribution in [3.8, 4) is 5.75 Å². The molecule has 156 valence electrons. The zero-order chi connectivity index (χ0) is 21.7. The average Bonchev–Trinajstić information content (AvgIpc) is 2.69. The van der Waals surface area contributed by atoms with Gasteiger partial charge in [-0.15, -0.1) is 0 Å². The van der Waals surface area contributed by atoms with E-state index in [0.717, 1.165) is 5.75 Å². The molecule has 0 saturated heterocycles. The summed E-state index contributed by atoms with van der Waals surface area (Å²) >= 11 is 0. The van der Waals surface area contributed by atoms with E-state index in [1.807, 2.05) is 19.3 Å². The quantitative estimate of drug-likeness (QED) is 0.364. The van der Waals surface area contributed by atoms with Crippen LogP contribution in [0.1, 0.15) is 48.6 Å². The molecule has 0 fully saturated rings. The summed E-state index contributed by atoms with van der Waals surface area (Å²) < 4.78 is 6.50. The van der Waals surface area contributed by atoms with Crippen molar-refractivity contribution in [2.45, 2.75) is 46.6 Å². The van der Waals surface area contributed by atoms with E-state index in [1.165, 1.54) is 38.4 Å². The maximum Gasteiger partial charge on any atom is 0.131 e. The summed E-state index contributed by atoms with van der Waals surface area (Å²) in [6, 6.07) is 21.6. The second kappa shape index (κ2) is 9.58. The van der Waals surface area contributed by atoms with Crippen molar-refractivity contribution in [3.63, 3.8) is 0 Å². The fourth-order valence-corrected chi connectivity index (χ4v) is 4.85. The van der Waals surface area contributed by atoms with Crippen molar-refractivity contribution in [1.82, 2.24) is 0 Å². The summed E-state index contributed by atoms with van der Waals surface area (Å²) in [5.41, 5.74) is 6.15. The van der Waals surface area contributed by atoms with Gasteiger partial charge in [-0.1, -0.05) is 83.4 Å². The molecule has 0 radical (unpaired) electrons. The van der Waals surface area contributed by atoms with Crippen LogP contribution in [0.2, 0.25) is 0 Å². The minimum absolute atomic E-state index is 0.00173. The van der Waals surface area contributed by atoms with E-state index in [1.54, 1.807) is 0 Å². The highest BCUT2D eigenvalue weighted by molar-refractivity contribution is 7.56. The van der Waals surface area contributed by atoms with Crippen LogP contribution >= 0.6 is 8.58 Å². The lowest BCUT2D eigenvalue weighted by molar-refractivity contribution is 0.300. The monoisotopic (exact) mass is 417 g/mol. The standard InChI is InChI=1S/C27H32NOP/c1-19-12-13-24(22(14-19)17-28-6)30-25-16-20(2)15-23(27(3,4)5)26(25)29-18-21-10-8-7-9-11-21/h7-17,30H,18H2,1-6H3/b28-17+. The van der Waals surface area contributed by atoms with E-state index in [4.69, 9.17) is 4.74 Å². The summed E-state index contributed by atoms with van der Waals surface area (Å²) in [5, 5.41) is 2.55. The lowest BCUT2D eigenvalue weighted by atomic mass is 9.85. The molecule has 0 spiro atoms. The molecule has 2 nitrogen and oxygen atoms in total. The Bertz CT molecular complexity index is 1030. The Morgan fingerprint density at radius 1 is 0.900 bits per heavy atom. The van der Waals surface area contributed by atoms with Crippen molar-refractivity contribution in [2.24, 2.45) is 4.99 Å². The molecule has 1 unspecified atom stereocenters. The molecule has 3 rings (SSSR count). The molecule has 30 heavy (non-hydrogen) atoms. The van der Waals surface area contributed by atoms with Crippen LogP contribution in [-0.4, -0.2) is 13.3 Å². The molecule has 0 heterocycles. The number of hydrogen-bond donors (Lipinski definition) is 0. The summed E-state index contributed by atoms with van der Waals surface area (Å²) in [4.78, 5) is 4.27. The zero-order valence-electron chi connectivity index (χ0n) is 18.9. The Balaban J connectivity index is 2.06. The number of benzene rings is 3. The number of aryl methyl sites for hydroxylation is 2. The minimum Gasteiger partial charge on any atom is -0.488 e. The van der Waals surface area contributed by atoms with Gasteiger partial charge in [0.15, 0.2) is 0 Å². The molecular formula is C27H32NOP. The summed E-state index contributed by atoms with van der Waals surface area (Å²) in [6.07, 6.45) is 1.96. The zero-order valence-corrected chi connectivity index (χ0v) is 19.9. The van der Waals surface area contributed by atoms with Crippen LogP contribution < -0.4 is 15.3 Å². The molecule has 0 bridgehead atoms. The molecule has 0 aromatic heterocycles. The predicted octanol–water partition coefficient (Wildman–Crippen LogP) is 5.86. The Kier molecular flexibility index (Phi) is 7.10. The first-order chi connectivity index (χ1) is 14.3. The lowest BCUT2D eigenvalue weighted by Gasteiger charge is -2.26. The molecule has 0 aliphatic carbocycles. The van der Waals surface area contributed by atoms with Gasteiger partial charge < -0.3 is 4.74 Å². The van der Waals surface area contributed by atoms with Gasteiger partial charge in [0.05, 0.1) is 0 Å². The van der Waals surface area contributed by atoms with Crippen LogP contribution in [0.25, 0.3) is 0 Å². The van der Waals surface area contributed by atoms with Crippen molar-refractivity contribution in [3.05, 3.63) is 88.5 Å². The van der Waals surface area contributed by atoms with Gasteiger partial charge in [0.1, 0.15) is 12.4 Å². The summed E-state index contributed by atoms with van der Waals surface area (Å²) in [7, 11) is 2.33. The van der Waals surface area contributed by atoms with Crippen LogP contribution in [0.3, 0.4) is 0 Å². The molecule has 3 aromatic carbocycles. The fourth-order valence-electron chi connectivity index (χ4n) is 3.50. The highest BCUT2D eigenvalue weighted by atomic mass is 31.1. The van der Waals surface area contributed by atoms with Gasteiger partial charge in [-0.3, -0.25) is 4.99 Å². The molecular weight excluding hydrogens is 385 g/mol. The lowest BCUT2D eigenvalue weighted by Crippen LogP contribution is -2.20. The molecule has 1 atom stereocenters. The van der Waals surface area contributed by atoms with Crippen LogP contribution in [0.15, 0.2) is 65.7 Å². The van der Waals surface area contributed by atoms with Crippen LogP contribution in [0.4, 0.5) is 0 Å². The van der Waals surface area contributed by atoms with Crippen molar-refractivity contribution < 1.29 is 4.74 Å². The van der Waals surface area contributed by atoms with Crippen LogP contribution in [-0.2, 0) is 12.0 Å². The Labute approximate surface area is 183 Å². The number of hydrogen-bond acceptors (Lipinski definition) is 2. The van der Waals surface area contributed by atoms with E-state index in [0.29, 0.717) is 15.2 Å². The Hall–Kier alpha value is -2.44. The normalized spacial score (nSPS) is 12.2. The second-order valence-electron chi connectivity index (χ2n) is 8.82. The molecule has 0 saturated carbocycles. The molecule has 0 amide bonds. The third-order valence-electron chi connectivity index (χ3n) is 5.01.